The Morgan fingerprint density at radius 3 is 2.81 bits per heavy atom. The Bertz CT molecular complexity index is 622. The van der Waals surface area contributed by atoms with Crippen LogP contribution in [0.5, 0.6) is 0 Å². The molecule has 7 heteroatoms. The van der Waals surface area contributed by atoms with E-state index in [4.69, 9.17) is 5.73 Å². The molecule has 1 aliphatic heterocycles. The van der Waals surface area contributed by atoms with Crippen LogP contribution in [0.3, 0.4) is 0 Å². The average Bonchev–Trinajstić information content (AvgIpc) is 2.98. The zero-order valence-corrected chi connectivity index (χ0v) is 12.9. The molecule has 1 fully saturated rings. The Labute approximate surface area is 125 Å². The summed E-state index contributed by atoms with van der Waals surface area (Å²) in [7, 11) is -3.42. The predicted octanol–water partition coefficient (Wildman–Crippen LogP) is 0.743. The summed E-state index contributed by atoms with van der Waals surface area (Å²) >= 11 is 0. The van der Waals surface area contributed by atoms with Crippen molar-refractivity contribution < 1.29 is 13.2 Å². The van der Waals surface area contributed by atoms with Crippen LogP contribution in [0.4, 0.5) is 5.69 Å². The van der Waals surface area contributed by atoms with Crippen molar-refractivity contribution in [3.05, 3.63) is 23.8 Å². The summed E-state index contributed by atoms with van der Waals surface area (Å²) in [6.07, 6.45) is 2.20. The number of anilines is 1. The monoisotopic (exact) mass is 311 g/mol. The first-order chi connectivity index (χ1) is 9.94. The lowest BCUT2D eigenvalue weighted by Crippen LogP contribution is -2.29. The fraction of sp³-hybridized carbons (Fsp3) is 0.500. The largest absolute Gasteiger partial charge is 0.382 e. The molecule has 21 heavy (non-hydrogen) atoms. The van der Waals surface area contributed by atoms with Gasteiger partial charge in [-0.2, -0.15) is 0 Å². The van der Waals surface area contributed by atoms with Crippen molar-refractivity contribution in [3.8, 4) is 0 Å². The molecule has 0 aromatic heterocycles. The van der Waals surface area contributed by atoms with Gasteiger partial charge in [-0.3, -0.25) is 4.79 Å². The maximum absolute atomic E-state index is 12.2. The van der Waals surface area contributed by atoms with Gasteiger partial charge in [-0.1, -0.05) is 6.92 Å². The van der Waals surface area contributed by atoms with Gasteiger partial charge in [0.15, 0.2) is 9.84 Å². The number of carbonyl (C=O) groups excluding carboxylic acids is 1. The first-order valence-electron chi connectivity index (χ1n) is 7.08. The Morgan fingerprint density at radius 2 is 2.24 bits per heavy atom. The molecule has 1 atom stereocenters. The second-order valence-corrected chi connectivity index (χ2v) is 7.40. The fourth-order valence-electron chi connectivity index (χ4n) is 2.40. The quantitative estimate of drug-likeness (QED) is 0.719. The molecule has 6 nitrogen and oxygen atoms in total. The van der Waals surface area contributed by atoms with E-state index < -0.39 is 15.7 Å². The number of hydrogen-bond acceptors (Lipinski definition) is 5. The highest BCUT2D eigenvalue weighted by molar-refractivity contribution is 7.91. The molecule has 116 valence electrons. The van der Waals surface area contributed by atoms with E-state index in [9.17, 15) is 13.2 Å². The molecular weight excluding hydrogens is 290 g/mol. The SMILES string of the molecule is CCS(=O)(=O)c1cc(C(N)=O)ccc1NCC1CCCN1. The van der Waals surface area contributed by atoms with E-state index in [1.54, 1.807) is 19.1 Å². The second kappa shape index (κ2) is 6.44. The minimum Gasteiger partial charge on any atom is -0.382 e. The topological polar surface area (TPSA) is 101 Å². The molecule has 0 radical (unpaired) electrons. The Balaban J connectivity index is 2.28. The lowest BCUT2D eigenvalue weighted by Gasteiger charge is -2.16. The van der Waals surface area contributed by atoms with Crippen LogP contribution >= 0.6 is 0 Å². The van der Waals surface area contributed by atoms with E-state index >= 15 is 0 Å². The molecule has 1 aromatic carbocycles. The molecule has 1 heterocycles. The fourth-order valence-corrected chi connectivity index (χ4v) is 3.49. The zero-order chi connectivity index (χ0) is 15.5. The van der Waals surface area contributed by atoms with Crippen molar-refractivity contribution >= 4 is 21.4 Å². The lowest BCUT2D eigenvalue weighted by atomic mass is 10.2. The number of carbonyl (C=O) groups is 1. The third-order valence-electron chi connectivity index (χ3n) is 3.68. The maximum Gasteiger partial charge on any atom is 0.248 e. The molecule has 0 bridgehead atoms. The summed E-state index contributed by atoms with van der Waals surface area (Å²) in [5.41, 5.74) is 5.95. The number of hydrogen-bond donors (Lipinski definition) is 3. The Hall–Kier alpha value is -1.60. The summed E-state index contributed by atoms with van der Waals surface area (Å²) < 4.78 is 24.4. The van der Waals surface area contributed by atoms with Crippen LogP contribution in [0.2, 0.25) is 0 Å². The minimum atomic E-state index is -3.42. The van der Waals surface area contributed by atoms with Gasteiger partial charge in [-0.25, -0.2) is 8.42 Å². The van der Waals surface area contributed by atoms with E-state index in [1.807, 2.05) is 0 Å². The second-order valence-electron chi connectivity index (χ2n) is 5.15. The van der Waals surface area contributed by atoms with E-state index in [1.165, 1.54) is 6.07 Å². The molecule has 1 amide bonds. The van der Waals surface area contributed by atoms with Crippen LogP contribution in [0.1, 0.15) is 30.1 Å². The Morgan fingerprint density at radius 1 is 1.48 bits per heavy atom. The third-order valence-corrected chi connectivity index (χ3v) is 5.45. The highest BCUT2D eigenvalue weighted by Gasteiger charge is 2.20. The van der Waals surface area contributed by atoms with E-state index in [2.05, 4.69) is 10.6 Å². The molecule has 0 saturated carbocycles. The molecule has 0 aliphatic carbocycles. The van der Waals surface area contributed by atoms with Gasteiger partial charge in [0, 0.05) is 18.2 Å². The van der Waals surface area contributed by atoms with Crippen molar-refractivity contribution in [2.24, 2.45) is 5.73 Å². The van der Waals surface area contributed by atoms with Gasteiger partial charge in [0.05, 0.1) is 16.3 Å². The van der Waals surface area contributed by atoms with Gasteiger partial charge in [0.1, 0.15) is 0 Å². The minimum absolute atomic E-state index is 0.0222. The van der Waals surface area contributed by atoms with E-state index in [-0.39, 0.29) is 16.2 Å². The summed E-state index contributed by atoms with van der Waals surface area (Å²) in [6.45, 7) is 3.23. The average molecular weight is 311 g/mol. The lowest BCUT2D eigenvalue weighted by molar-refractivity contribution is 0.1000. The molecular formula is C14H21N3O3S. The Kier molecular flexibility index (Phi) is 4.84. The van der Waals surface area contributed by atoms with Crippen LogP contribution in [0.25, 0.3) is 0 Å². The molecule has 1 unspecified atom stereocenters. The first-order valence-corrected chi connectivity index (χ1v) is 8.73. The highest BCUT2D eigenvalue weighted by Crippen LogP contribution is 2.24. The number of amides is 1. The molecule has 2 rings (SSSR count). The summed E-state index contributed by atoms with van der Waals surface area (Å²) in [6, 6.07) is 4.85. The number of sulfone groups is 1. The van der Waals surface area contributed by atoms with Crippen molar-refractivity contribution in [2.45, 2.75) is 30.7 Å². The third kappa shape index (κ3) is 3.74. The summed E-state index contributed by atoms with van der Waals surface area (Å²) in [4.78, 5) is 11.4. The van der Waals surface area contributed by atoms with Gasteiger partial charge < -0.3 is 16.4 Å². The zero-order valence-electron chi connectivity index (χ0n) is 12.1. The number of primary amides is 1. The van der Waals surface area contributed by atoms with Gasteiger partial charge in [0.25, 0.3) is 0 Å². The van der Waals surface area contributed by atoms with Gasteiger partial charge in [-0.15, -0.1) is 0 Å². The highest BCUT2D eigenvalue weighted by atomic mass is 32.2. The van der Waals surface area contributed by atoms with Gasteiger partial charge in [-0.05, 0) is 37.6 Å². The smallest absolute Gasteiger partial charge is 0.248 e. The van der Waals surface area contributed by atoms with Gasteiger partial charge >= 0.3 is 0 Å². The molecule has 4 N–H and O–H groups in total. The van der Waals surface area contributed by atoms with Crippen LogP contribution in [0, 0.1) is 0 Å². The molecule has 1 aromatic rings. The molecule has 1 saturated heterocycles. The summed E-state index contributed by atoms with van der Waals surface area (Å²) in [5.74, 6) is -0.655. The number of nitrogens with one attached hydrogen (secondary N) is 2. The first kappa shape index (κ1) is 15.8. The van der Waals surface area contributed by atoms with Crippen LogP contribution in [-0.2, 0) is 9.84 Å². The van der Waals surface area contributed by atoms with Crippen molar-refractivity contribution in [3.63, 3.8) is 0 Å². The molecule has 1 aliphatic rings. The van der Waals surface area contributed by atoms with Crippen LogP contribution in [-0.4, -0.2) is 39.2 Å². The maximum atomic E-state index is 12.2. The number of rotatable bonds is 6. The normalized spacial score (nSPS) is 18.6. The van der Waals surface area contributed by atoms with E-state index in [0.717, 1.165) is 19.4 Å². The van der Waals surface area contributed by atoms with Crippen molar-refractivity contribution in [2.75, 3.05) is 24.2 Å². The van der Waals surface area contributed by atoms with Crippen LogP contribution < -0.4 is 16.4 Å². The van der Waals surface area contributed by atoms with Crippen molar-refractivity contribution in [1.29, 1.82) is 0 Å². The molecule has 0 spiro atoms. The number of benzene rings is 1. The van der Waals surface area contributed by atoms with Gasteiger partial charge in [0.2, 0.25) is 5.91 Å². The van der Waals surface area contributed by atoms with Crippen molar-refractivity contribution in [1.82, 2.24) is 5.32 Å². The standard InChI is InChI=1S/C14H21N3O3S/c1-2-21(19,20)13-8-10(14(15)18)5-6-12(13)17-9-11-4-3-7-16-11/h5-6,8,11,16-17H,2-4,7,9H2,1H3,(H2,15,18). The predicted molar refractivity (Wildman–Crippen MR) is 82.2 cm³/mol. The number of nitrogens with two attached hydrogens (primary N) is 1. The van der Waals surface area contributed by atoms with Crippen LogP contribution in [0.15, 0.2) is 23.1 Å². The van der Waals surface area contributed by atoms with E-state index in [0.29, 0.717) is 18.3 Å². The summed E-state index contributed by atoms with van der Waals surface area (Å²) in [5, 5.41) is 6.51.